The molecule has 22 heavy (non-hydrogen) atoms. The predicted octanol–water partition coefficient (Wildman–Crippen LogP) is 3.98. The SMILES string of the molecule is COc1cccc(CNC(=O)c2cc3cc(F)ccc3s2)c1. The van der Waals surface area contributed by atoms with Crippen molar-refractivity contribution in [3.63, 3.8) is 0 Å². The van der Waals surface area contributed by atoms with Gasteiger partial charge in [-0.05, 0) is 47.3 Å². The Balaban J connectivity index is 1.72. The smallest absolute Gasteiger partial charge is 0.261 e. The fourth-order valence-electron chi connectivity index (χ4n) is 2.18. The molecule has 3 nitrogen and oxygen atoms in total. The lowest BCUT2D eigenvalue weighted by atomic mass is 10.2. The molecule has 0 atom stereocenters. The Labute approximate surface area is 131 Å². The molecule has 0 radical (unpaired) electrons. The quantitative estimate of drug-likeness (QED) is 0.791. The third kappa shape index (κ3) is 3.09. The zero-order chi connectivity index (χ0) is 15.5. The van der Waals surface area contributed by atoms with Gasteiger partial charge in [-0.1, -0.05) is 12.1 Å². The van der Waals surface area contributed by atoms with Gasteiger partial charge in [0.2, 0.25) is 0 Å². The molecule has 0 unspecified atom stereocenters. The number of hydrogen-bond acceptors (Lipinski definition) is 3. The van der Waals surface area contributed by atoms with Crippen molar-refractivity contribution >= 4 is 27.3 Å². The third-order valence-electron chi connectivity index (χ3n) is 3.29. The largest absolute Gasteiger partial charge is 0.497 e. The third-order valence-corrected chi connectivity index (χ3v) is 4.40. The molecule has 3 aromatic rings. The standard InChI is InChI=1S/C17H14FNO2S/c1-21-14-4-2-3-11(7-14)10-19-17(20)16-9-12-8-13(18)5-6-15(12)22-16/h2-9H,10H2,1H3,(H,19,20). The fraction of sp³-hybridized carbons (Fsp3) is 0.118. The Morgan fingerprint density at radius 3 is 2.91 bits per heavy atom. The van der Waals surface area contributed by atoms with E-state index in [1.54, 1.807) is 19.2 Å². The molecule has 0 aliphatic rings. The lowest BCUT2D eigenvalue weighted by molar-refractivity contribution is 0.0955. The number of benzene rings is 2. The second-order valence-corrected chi connectivity index (χ2v) is 5.91. The molecule has 2 aromatic carbocycles. The van der Waals surface area contributed by atoms with E-state index in [0.717, 1.165) is 21.4 Å². The van der Waals surface area contributed by atoms with Crippen LogP contribution >= 0.6 is 11.3 Å². The summed E-state index contributed by atoms with van der Waals surface area (Å²) in [6, 6.07) is 13.8. The molecular weight excluding hydrogens is 301 g/mol. The molecule has 0 saturated carbocycles. The van der Waals surface area contributed by atoms with Crippen LogP contribution < -0.4 is 10.1 Å². The second kappa shape index (κ2) is 6.15. The highest BCUT2D eigenvalue weighted by atomic mass is 32.1. The molecule has 112 valence electrons. The van der Waals surface area contributed by atoms with Gasteiger partial charge in [-0.15, -0.1) is 11.3 Å². The number of fused-ring (bicyclic) bond motifs is 1. The van der Waals surface area contributed by atoms with E-state index < -0.39 is 0 Å². The Morgan fingerprint density at radius 1 is 1.23 bits per heavy atom. The molecule has 1 amide bonds. The molecule has 1 N–H and O–H groups in total. The van der Waals surface area contributed by atoms with Gasteiger partial charge in [-0.3, -0.25) is 4.79 Å². The van der Waals surface area contributed by atoms with Crippen LogP contribution in [0.5, 0.6) is 5.75 Å². The monoisotopic (exact) mass is 315 g/mol. The summed E-state index contributed by atoms with van der Waals surface area (Å²) in [5.74, 6) is 0.294. The van der Waals surface area contributed by atoms with E-state index >= 15 is 0 Å². The fourth-order valence-corrected chi connectivity index (χ4v) is 3.14. The van der Waals surface area contributed by atoms with Crippen molar-refractivity contribution in [2.45, 2.75) is 6.54 Å². The molecule has 0 saturated heterocycles. The van der Waals surface area contributed by atoms with Crippen LogP contribution in [0.1, 0.15) is 15.2 Å². The lowest BCUT2D eigenvalue weighted by Gasteiger charge is -2.05. The van der Waals surface area contributed by atoms with Crippen molar-refractivity contribution in [2.75, 3.05) is 7.11 Å². The van der Waals surface area contributed by atoms with Crippen molar-refractivity contribution in [1.29, 1.82) is 0 Å². The molecule has 1 heterocycles. The van der Waals surface area contributed by atoms with Crippen molar-refractivity contribution in [3.05, 3.63) is 64.8 Å². The minimum absolute atomic E-state index is 0.163. The van der Waals surface area contributed by atoms with Crippen LogP contribution in [0.3, 0.4) is 0 Å². The van der Waals surface area contributed by atoms with Crippen LogP contribution in [0, 0.1) is 5.82 Å². The summed E-state index contributed by atoms with van der Waals surface area (Å²) in [6.45, 7) is 0.415. The van der Waals surface area contributed by atoms with Crippen LogP contribution in [-0.2, 0) is 6.54 Å². The van der Waals surface area contributed by atoms with E-state index in [1.165, 1.54) is 23.5 Å². The van der Waals surface area contributed by atoms with E-state index in [2.05, 4.69) is 5.32 Å². The Bertz CT molecular complexity index is 828. The van der Waals surface area contributed by atoms with Crippen LogP contribution in [0.4, 0.5) is 4.39 Å². The summed E-state index contributed by atoms with van der Waals surface area (Å²) in [6.07, 6.45) is 0. The minimum atomic E-state index is -0.298. The molecule has 0 fully saturated rings. The number of rotatable bonds is 4. The highest BCUT2D eigenvalue weighted by Gasteiger charge is 2.10. The number of carbonyl (C=O) groups excluding carboxylic acids is 1. The van der Waals surface area contributed by atoms with Crippen molar-refractivity contribution in [1.82, 2.24) is 5.32 Å². The lowest BCUT2D eigenvalue weighted by Crippen LogP contribution is -2.21. The number of carbonyl (C=O) groups is 1. The van der Waals surface area contributed by atoms with Gasteiger partial charge in [0, 0.05) is 11.2 Å². The van der Waals surface area contributed by atoms with Crippen LogP contribution in [0.2, 0.25) is 0 Å². The van der Waals surface area contributed by atoms with Crippen LogP contribution in [-0.4, -0.2) is 13.0 Å². The summed E-state index contributed by atoms with van der Waals surface area (Å²) < 4.78 is 19.2. The average Bonchev–Trinajstić information content (AvgIpc) is 2.96. The molecule has 5 heteroatoms. The maximum absolute atomic E-state index is 13.2. The number of nitrogens with one attached hydrogen (secondary N) is 1. The molecular formula is C17H14FNO2S. The summed E-state index contributed by atoms with van der Waals surface area (Å²) in [7, 11) is 1.61. The summed E-state index contributed by atoms with van der Waals surface area (Å²) in [5, 5.41) is 3.61. The van der Waals surface area contributed by atoms with Gasteiger partial charge >= 0.3 is 0 Å². The van der Waals surface area contributed by atoms with Crippen molar-refractivity contribution in [3.8, 4) is 5.75 Å². The van der Waals surface area contributed by atoms with Crippen molar-refractivity contribution < 1.29 is 13.9 Å². The molecule has 3 rings (SSSR count). The second-order valence-electron chi connectivity index (χ2n) is 4.83. The van der Waals surface area contributed by atoms with Crippen LogP contribution in [0.25, 0.3) is 10.1 Å². The first-order chi connectivity index (χ1) is 10.7. The van der Waals surface area contributed by atoms with E-state index in [1.807, 2.05) is 24.3 Å². The summed E-state index contributed by atoms with van der Waals surface area (Å²) in [4.78, 5) is 12.8. The highest BCUT2D eigenvalue weighted by Crippen LogP contribution is 2.26. The minimum Gasteiger partial charge on any atom is -0.497 e. The average molecular weight is 315 g/mol. The maximum atomic E-state index is 13.2. The van der Waals surface area contributed by atoms with E-state index in [4.69, 9.17) is 4.74 Å². The van der Waals surface area contributed by atoms with Gasteiger partial charge in [-0.25, -0.2) is 4.39 Å². The zero-order valence-corrected chi connectivity index (χ0v) is 12.7. The number of ether oxygens (including phenoxy) is 1. The topological polar surface area (TPSA) is 38.3 Å². The van der Waals surface area contributed by atoms with E-state index in [-0.39, 0.29) is 11.7 Å². The van der Waals surface area contributed by atoms with Gasteiger partial charge in [-0.2, -0.15) is 0 Å². The van der Waals surface area contributed by atoms with Gasteiger partial charge in [0.15, 0.2) is 0 Å². The van der Waals surface area contributed by atoms with Gasteiger partial charge in [0.25, 0.3) is 5.91 Å². The number of amides is 1. The molecule has 0 spiro atoms. The van der Waals surface area contributed by atoms with Crippen molar-refractivity contribution in [2.24, 2.45) is 0 Å². The number of methoxy groups -OCH3 is 1. The van der Waals surface area contributed by atoms with E-state index in [0.29, 0.717) is 11.4 Å². The number of hydrogen-bond donors (Lipinski definition) is 1. The zero-order valence-electron chi connectivity index (χ0n) is 11.9. The first-order valence-electron chi connectivity index (χ1n) is 6.76. The first-order valence-corrected chi connectivity index (χ1v) is 7.57. The van der Waals surface area contributed by atoms with Crippen LogP contribution in [0.15, 0.2) is 48.5 Å². The molecule has 0 aliphatic carbocycles. The molecule has 1 aromatic heterocycles. The summed E-state index contributed by atoms with van der Waals surface area (Å²) in [5.41, 5.74) is 0.958. The Kier molecular flexibility index (Phi) is 4.06. The van der Waals surface area contributed by atoms with E-state index in [9.17, 15) is 9.18 Å². The maximum Gasteiger partial charge on any atom is 0.261 e. The molecule has 0 bridgehead atoms. The van der Waals surface area contributed by atoms with Gasteiger partial charge in [0.1, 0.15) is 11.6 Å². The number of halogens is 1. The number of thiophene rings is 1. The highest BCUT2D eigenvalue weighted by molar-refractivity contribution is 7.20. The Morgan fingerprint density at radius 2 is 2.09 bits per heavy atom. The van der Waals surface area contributed by atoms with Gasteiger partial charge in [0.05, 0.1) is 12.0 Å². The normalized spacial score (nSPS) is 10.6. The summed E-state index contributed by atoms with van der Waals surface area (Å²) >= 11 is 1.35. The predicted molar refractivity (Wildman–Crippen MR) is 85.9 cm³/mol. The first kappa shape index (κ1) is 14.5. The Hall–Kier alpha value is -2.40. The molecule has 0 aliphatic heterocycles. The van der Waals surface area contributed by atoms with Gasteiger partial charge < -0.3 is 10.1 Å².